The Bertz CT molecular complexity index is 1040. The topological polar surface area (TPSA) is 79.2 Å². The Balaban J connectivity index is 1.83. The Hall–Kier alpha value is -2.43. The number of hydrogen-bond acceptors (Lipinski definition) is 3. The molecule has 1 fully saturated rings. The largest absolute Gasteiger partial charge is 0.339 e. The summed E-state index contributed by atoms with van der Waals surface area (Å²) in [6.07, 6.45) is 2.81. The first-order valence-corrected chi connectivity index (χ1v) is 8.30. The Morgan fingerprint density at radius 1 is 1.27 bits per heavy atom. The molecule has 22 heavy (non-hydrogen) atoms. The predicted octanol–water partition coefficient (Wildman–Crippen LogP) is 2.40. The lowest BCUT2D eigenvalue weighted by atomic mass is 10.2. The number of rotatable bonds is 3. The summed E-state index contributed by atoms with van der Waals surface area (Å²) < 4.78 is 27.3. The van der Waals surface area contributed by atoms with Crippen molar-refractivity contribution in [3.05, 3.63) is 47.9 Å². The Labute approximate surface area is 127 Å². The van der Waals surface area contributed by atoms with E-state index in [1.807, 2.05) is 12.1 Å². The van der Waals surface area contributed by atoms with Crippen LogP contribution in [-0.2, 0) is 10.0 Å². The quantitative estimate of drug-likeness (QED) is 0.729. The lowest BCUT2D eigenvalue weighted by Gasteiger charge is -2.07. The Morgan fingerprint density at radius 2 is 2.09 bits per heavy atom. The van der Waals surface area contributed by atoms with Gasteiger partial charge in [-0.2, -0.15) is 0 Å². The fourth-order valence-corrected chi connectivity index (χ4v) is 3.93. The van der Waals surface area contributed by atoms with Crippen molar-refractivity contribution in [2.75, 3.05) is 0 Å². The third-order valence-corrected chi connectivity index (χ3v) is 5.44. The summed E-state index contributed by atoms with van der Waals surface area (Å²) in [5.74, 6) is 0. The van der Waals surface area contributed by atoms with Crippen LogP contribution in [0.15, 0.2) is 41.4 Å². The zero-order chi connectivity index (χ0) is 15.4. The summed E-state index contributed by atoms with van der Waals surface area (Å²) in [6, 6.07) is 8.69. The lowest BCUT2D eigenvalue weighted by molar-refractivity contribution is 0.568. The van der Waals surface area contributed by atoms with E-state index in [1.54, 1.807) is 24.4 Å². The summed E-state index contributed by atoms with van der Waals surface area (Å²) >= 11 is 0. The third-order valence-electron chi connectivity index (χ3n) is 3.91. The first-order valence-electron chi connectivity index (χ1n) is 6.82. The third kappa shape index (κ3) is 1.96. The van der Waals surface area contributed by atoms with Crippen molar-refractivity contribution in [2.45, 2.75) is 23.4 Å². The maximum atomic E-state index is 12.4. The van der Waals surface area contributed by atoms with Crippen molar-refractivity contribution >= 4 is 32.0 Å². The van der Waals surface area contributed by atoms with Crippen LogP contribution < -0.4 is 4.72 Å². The Morgan fingerprint density at radius 3 is 2.82 bits per heavy atom. The van der Waals surface area contributed by atoms with E-state index in [1.165, 1.54) is 0 Å². The molecule has 0 saturated heterocycles. The van der Waals surface area contributed by atoms with Gasteiger partial charge in [0, 0.05) is 22.5 Å². The van der Waals surface area contributed by atoms with Crippen molar-refractivity contribution < 1.29 is 8.42 Å². The maximum absolute atomic E-state index is 12.4. The molecule has 2 heterocycles. The highest BCUT2D eigenvalue weighted by molar-refractivity contribution is 7.89. The second kappa shape index (κ2) is 4.29. The first kappa shape index (κ1) is 13.2. The van der Waals surface area contributed by atoms with Gasteiger partial charge in [-0.1, -0.05) is 6.07 Å². The van der Waals surface area contributed by atoms with E-state index in [9.17, 15) is 8.42 Å². The molecule has 0 bridgehead atoms. The van der Waals surface area contributed by atoms with Crippen molar-refractivity contribution in [1.82, 2.24) is 14.7 Å². The summed E-state index contributed by atoms with van der Waals surface area (Å²) in [5.41, 5.74) is 0.500. The minimum absolute atomic E-state index is 0.154. The van der Waals surface area contributed by atoms with Gasteiger partial charge in [-0.3, -0.25) is 4.85 Å². The van der Waals surface area contributed by atoms with Gasteiger partial charge >= 0.3 is 0 Å². The molecular weight excluding hydrogens is 300 g/mol. The molecule has 110 valence electrons. The molecule has 0 amide bonds. The molecule has 1 aromatic carbocycles. The van der Waals surface area contributed by atoms with Crippen molar-refractivity contribution in [3.63, 3.8) is 0 Å². The molecule has 2 aromatic heterocycles. The first-order chi connectivity index (χ1) is 10.5. The number of aromatic nitrogens is 2. The molecule has 0 unspecified atom stereocenters. The van der Waals surface area contributed by atoms with Gasteiger partial charge in [-0.05, 0) is 24.3 Å². The normalized spacial score (nSPS) is 16.7. The van der Waals surface area contributed by atoms with Crippen LogP contribution >= 0.6 is 0 Å². The number of sulfonamides is 1. The number of pyridine rings is 1. The average Bonchev–Trinajstić information content (AvgIpc) is 3.17. The zero-order valence-corrected chi connectivity index (χ0v) is 12.3. The smallest absolute Gasteiger partial charge is 0.299 e. The highest BCUT2D eigenvalue weighted by Gasteiger charge is 2.54. The van der Waals surface area contributed by atoms with E-state index < -0.39 is 15.7 Å². The van der Waals surface area contributed by atoms with Crippen LogP contribution in [0.3, 0.4) is 0 Å². The van der Waals surface area contributed by atoms with Gasteiger partial charge in [0.15, 0.2) is 0 Å². The molecule has 1 aliphatic rings. The van der Waals surface area contributed by atoms with Crippen molar-refractivity contribution in [2.24, 2.45) is 0 Å². The summed E-state index contributed by atoms with van der Waals surface area (Å²) in [5, 5.41) is 1.88. The van der Waals surface area contributed by atoms with Crippen LogP contribution in [-0.4, -0.2) is 24.0 Å². The molecule has 6 nitrogen and oxygen atoms in total. The summed E-state index contributed by atoms with van der Waals surface area (Å²) in [7, 11) is -3.70. The molecule has 7 heteroatoms. The van der Waals surface area contributed by atoms with E-state index in [0.29, 0.717) is 18.4 Å². The van der Waals surface area contributed by atoms with Gasteiger partial charge in [-0.15, -0.1) is 4.72 Å². The Kier molecular flexibility index (Phi) is 2.58. The van der Waals surface area contributed by atoms with Crippen molar-refractivity contribution in [1.29, 1.82) is 0 Å². The minimum Gasteiger partial charge on any atom is -0.339 e. The number of fused-ring (bicyclic) bond motifs is 3. The second-order valence-corrected chi connectivity index (χ2v) is 7.16. The lowest BCUT2D eigenvalue weighted by Crippen LogP contribution is -2.34. The van der Waals surface area contributed by atoms with Gasteiger partial charge in [0.25, 0.3) is 5.66 Å². The van der Waals surface area contributed by atoms with Crippen LogP contribution in [0.4, 0.5) is 0 Å². The fraction of sp³-hybridized carbons (Fsp3) is 0.200. The number of hydrogen-bond donors (Lipinski definition) is 2. The van der Waals surface area contributed by atoms with E-state index in [0.717, 1.165) is 16.4 Å². The fourth-order valence-electron chi connectivity index (χ4n) is 2.54. The predicted molar refractivity (Wildman–Crippen MR) is 82.5 cm³/mol. The van der Waals surface area contributed by atoms with E-state index in [2.05, 4.69) is 19.5 Å². The van der Waals surface area contributed by atoms with Gasteiger partial charge < -0.3 is 4.98 Å². The monoisotopic (exact) mass is 312 g/mol. The van der Waals surface area contributed by atoms with Gasteiger partial charge in [-0.25, -0.2) is 20.0 Å². The number of benzene rings is 1. The van der Waals surface area contributed by atoms with Crippen LogP contribution in [0.2, 0.25) is 0 Å². The van der Waals surface area contributed by atoms with Gasteiger partial charge in [0.05, 0.1) is 17.7 Å². The van der Waals surface area contributed by atoms with Crippen LogP contribution in [0, 0.1) is 6.57 Å². The van der Waals surface area contributed by atoms with E-state index in [-0.39, 0.29) is 4.90 Å². The van der Waals surface area contributed by atoms with E-state index in [4.69, 9.17) is 6.57 Å². The van der Waals surface area contributed by atoms with Crippen molar-refractivity contribution in [3.8, 4) is 0 Å². The van der Waals surface area contributed by atoms with E-state index >= 15 is 0 Å². The van der Waals surface area contributed by atoms with Gasteiger partial charge in [0.1, 0.15) is 5.65 Å². The molecular formula is C15H12N4O2S. The molecule has 2 N–H and O–H groups in total. The van der Waals surface area contributed by atoms with Crippen LogP contribution in [0.5, 0.6) is 0 Å². The molecule has 1 saturated carbocycles. The average molecular weight is 312 g/mol. The molecule has 0 atom stereocenters. The summed E-state index contributed by atoms with van der Waals surface area (Å²) in [4.78, 5) is 10.9. The number of nitrogens with one attached hydrogen (secondary N) is 2. The second-order valence-electron chi connectivity index (χ2n) is 5.48. The maximum Gasteiger partial charge on any atom is 0.299 e. The summed E-state index contributed by atoms with van der Waals surface area (Å²) in [6.45, 7) is 7.10. The number of aromatic amines is 1. The standard InChI is InChI=1S/C15H12N4O2S/c1-16-15(6-7-15)19-22(20,21)10-4-5-11-12-3-2-8-17-14(12)18-13(11)9-10/h2-5,8-9,19H,6-7H2,(H,17,18). The van der Waals surface area contributed by atoms with Crippen LogP contribution in [0.1, 0.15) is 12.8 Å². The molecule has 0 radical (unpaired) electrons. The zero-order valence-electron chi connectivity index (χ0n) is 11.5. The molecule has 4 rings (SSSR count). The van der Waals surface area contributed by atoms with Crippen LogP contribution in [0.25, 0.3) is 26.8 Å². The highest BCUT2D eigenvalue weighted by Crippen LogP contribution is 2.38. The molecule has 0 aliphatic heterocycles. The SMILES string of the molecule is [C-]#[N+]C1(NS(=O)(=O)c2ccc3c(c2)[nH]c2ncccc23)CC1. The molecule has 1 aliphatic carbocycles. The molecule has 3 aromatic rings. The van der Waals surface area contributed by atoms with Gasteiger partial charge in [0.2, 0.25) is 10.0 Å². The number of H-pyrrole nitrogens is 1. The minimum atomic E-state index is -3.70. The highest BCUT2D eigenvalue weighted by atomic mass is 32.2. The number of nitrogens with zero attached hydrogens (tertiary/aromatic N) is 2. The molecule has 0 spiro atoms.